The van der Waals surface area contributed by atoms with Gasteiger partial charge in [-0.3, -0.25) is 4.79 Å². The van der Waals surface area contributed by atoms with Crippen LogP contribution in [0.2, 0.25) is 0 Å². The molecular weight excluding hydrogens is 309 g/mol. The molecule has 0 spiro atoms. The molecule has 1 rings (SSSR count). The monoisotopic (exact) mass is 321 g/mol. The Bertz CT molecular complexity index is 379. The summed E-state index contributed by atoms with van der Waals surface area (Å²) in [4.78, 5) is 11.0. The van der Waals surface area contributed by atoms with E-state index in [9.17, 15) is 4.79 Å². The molecule has 0 aliphatic heterocycles. The molecule has 0 atom stereocenters. The summed E-state index contributed by atoms with van der Waals surface area (Å²) in [6, 6.07) is 3.26. The van der Waals surface area contributed by atoms with Crippen LogP contribution in [0.15, 0.2) is 12.1 Å². The molecule has 0 aliphatic rings. The fourth-order valence-corrected chi connectivity index (χ4v) is 1.99. The van der Waals surface area contributed by atoms with E-state index in [1.165, 1.54) is 0 Å². The van der Waals surface area contributed by atoms with E-state index >= 15 is 0 Å². The number of ether oxygens (including phenoxy) is 2. The van der Waals surface area contributed by atoms with E-state index in [0.29, 0.717) is 23.7 Å². The lowest BCUT2D eigenvalue weighted by molar-refractivity contribution is 0.0999. The third-order valence-corrected chi connectivity index (χ3v) is 2.60. The molecule has 0 unspecified atom stereocenters. The Labute approximate surface area is 102 Å². The maximum Gasteiger partial charge on any atom is 0.248 e. The standard InChI is InChI=1S/C10H12INO3/c1-3-15-8-5-6(10(12)13)4-7(11)9(8)14-2/h4-5H,3H2,1-2H3,(H2,12,13). The Balaban J connectivity index is 3.25. The Morgan fingerprint density at radius 2 is 2.20 bits per heavy atom. The van der Waals surface area contributed by atoms with Crippen LogP contribution < -0.4 is 15.2 Å². The van der Waals surface area contributed by atoms with Crippen molar-refractivity contribution in [2.45, 2.75) is 6.92 Å². The molecule has 2 N–H and O–H groups in total. The molecule has 1 aromatic carbocycles. The van der Waals surface area contributed by atoms with Gasteiger partial charge in [-0.05, 0) is 41.6 Å². The van der Waals surface area contributed by atoms with Crippen LogP contribution in [0.3, 0.4) is 0 Å². The first-order valence-electron chi connectivity index (χ1n) is 4.40. The number of carbonyl (C=O) groups excluding carboxylic acids is 1. The van der Waals surface area contributed by atoms with Crippen molar-refractivity contribution in [3.63, 3.8) is 0 Å². The van der Waals surface area contributed by atoms with Crippen LogP contribution in [-0.4, -0.2) is 19.6 Å². The van der Waals surface area contributed by atoms with Crippen LogP contribution in [0.25, 0.3) is 0 Å². The van der Waals surface area contributed by atoms with Crippen LogP contribution in [0.1, 0.15) is 17.3 Å². The van der Waals surface area contributed by atoms with Gasteiger partial charge in [-0.25, -0.2) is 0 Å². The molecule has 1 aromatic rings. The van der Waals surface area contributed by atoms with E-state index in [1.54, 1.807) is 19.2 Å². The molecule has 0 aromatic heterocycles. The third kappa shape index (κ3) is 2.74. The number of nitrogens with two attached hydrogens (primary N) is 1. The summed E-state index contributed by atoms with van der Waals surface area (Å²) in [6.07, 6.45) is 0. The number of hydrogen-bond acceptors (Lipinski definition) is 3. The van der Waals surface area contributed by atoms with Crippen molar-refractivity contribution in [2.75, 3.05) is 13.7 Å². The Morgan fingerprint density at radius 1 is 1.53 bits per heavy atom. The zero-order chi connectivity index (χ0) is 11.4. The van der Waals surface area contributed by atoms with Gasteiger partial charge < -0.3 is 15.2 Å². The first kappa shape index (κ1) is 12.1. The van der Waals surface area contributed by atoms with Gasteiger partial charge >= 0.3 is 0 Å². The average molecular weight is 321 g/mol. The molecule has 0 bridgehead atoms. The molecule has 82 valence electrons. The molecule has 0 aliphatic carbocycles. The second-order valence-electron chi connectivity index (χ2n) is 2.79. The van der Waals surface area contributed by atoms with Crippen molar-refractivity contribution in [3.8, 4) is 11.5 Å². The molecule has 1 amide bonds. The fourth-order valence-electron chi connectivity index (χ4n) is 1.17. The van der Waals surface area contributed by atoms with Crippen LogP contribution in [0.5, 0.6) is 11.5 Å². The highest BCUT2D eigenvalue weighted by Crippen LogP contribution is 2.33. The van der Waals surface area contributed by atoms with Crippen molar-refractivity contribution in [1.29, 1.82) is 0 Å². The highest BCUT2D eigenvalue weighted by molar-refractivity contribution is 14.1. The van der Waals surface area contributed by atoms with E-state index in [4.69, 9.17) is 15.2 Å². The van der Waals surface area contributed by atoms with Gasteiger partial charge in [-0.15, -0.1) is 0 Å². The number of amides is 1. The van der Waals surface area contributed by atoms with Crippen molar-refractivity contribution < 1.29 is 14.3 Å². The summed E-state index contributed by atoms with van der Waals surface area (Å²) in [5, 5.41) is 0. The first-order chi connectivity index (χ1) is 7.10. The van der Waals surface area contributed by atoms with Gasteiger partial charge in [-0.2, -0.15) is 0 Å². The number of benzene rings is 1. The van der Waals surface area contributed by atoms with E-state index in [0.717, 1.165) is 3.57 Å². The lowest BCUT2D eigenvalue weighted by atomic mass is 10.2. The van der Waals surface area contributed by atoms with Crippen LogP contribution in [-0.2, 0) is 0 Å². The van der Waals surface area contributed by atoms with Crippen molar-refractivity contribution >= 4 is 28.5 Å². The minimum atomic E-state index is -0.475. The number of carbonyl (C=O) groups is 1. The molecule has 0 fully saturated rings. The summed E-state index contributed by atoms with van der Waals surface area (Å²) < 4.78 is 11.3. The van der Waals surface area contributed by atoms with Gasteiger partial charge in [-0.1, -0.05) is 0 Å². The molecule has 0 saturated heterocycles. The Hall–Kier alpha value is -0.980. The predicted octanol–water partition coefficient (Wildman–Crippen LogP) is 1.80. The number of hydrogen-bond donors (Lipinski definition) is 1. The van der Waals surface area contributed by atoms with Crippen LogP contribution in [0.4, 0.5) is 0 Å². The van der Waals surface area contributed by atoms with E-state index in [2.05, 4.69) is 22.6 Å². The van der Waals surface area contributed by atoms with E-state index < -0.39 is 5.91 Å². The lowest BCUT2D eigenvalue weighted by Crippen LogP contribution is -2.12. The van der Waals surface area contributed by atoms with Crippen molar-refractivity contribution in [2.24, 2.45) is 5.73 Å². The Kier molecular flexibility index (Phi) is 4.19. The highest BCUT2D eigenvalue weighted by atomic mass is 127. The van der Waals surface area contributed by atoms with Crippen molar-refractivity contribution in [3.05, 3.63) is 21.3 Å². The minimum absolute atomic E-state index is 0.420. The normalized spacial score (nSPS) is 9.80. The van der Waals surface area contributed by atoms with Gasteiger partial charge in [0.15, 0.2) is 11.5 Å². The largest absolute Gasteiger partial charge is 0.492 e. The second-order valence-corrected chi connectivity index (χ2v) is 3.95. The summed E-state index contributed by atoms with van der Waals surface area (Å²) in [5.41, 5.74) is 5.62. The smallest absolute Gasteiger partial charge is 0.248 e. The maximum atomic E-state index is 11.0. The van der Waals surface area contributed by atoms with Gasteiger partial charge in [0.05, 0.1) is 17.3 Å². The number of methoxy groups -OCH3 is 1. The van der Waals surface area contributed by atoms with Gasteiger partial charge in [0, 0.05) is 5.56 Å². The molecule has 5 heteroatoms. The van der Waals surface area contributed by atoms with Crippen LogP contribution in [0, 0.1) is 3.57 Å². The first-order valence-corrected chi connectivity index (χ1v) is 5.48. The minimum Gasteiger partial charge on any atom is -0.492 e. The summed E-state index contributed by atoms with van der Waals surface area (Å²) in [5.74, 6) is 0.694. The summed E-state index contributed by atoms with van der Waals surface area (Å²) >= 11 is 2.07. The third-order valence-electron chi connectivity index (χ3n) is 1.80. The van der Waals surface area contributed by atoms with Crippen molar-refractivity contribution in [1.82, 2.24) is 0 Å². The number of rotatable bonds is 4. The summed E-state index contributed by atoms with van der Waals surface area (Å²) in [6.45, 7) is 2.37. The SMILES string of the molecule is CCOc1cc(C(N)=O)cc(I)c1OC. The molecule has 15 heavy (non-hydrogen) atoms. The quantitative estimate of drug-likeness (QED) is 0.860. The topological polar surface area (TPSA) is 61.5 Å². The molecular formula is C10H12INO3. The van der Waals surface area contributed by atoms with Gasteiger partial charge in [0.25, 0.3) is 0 Å². The van der Waals surface area contributed by atoms with Gasteiger partial charge in [0.1, 0.15) is 0 Å². The van der Waals surface area contributed by atoms with E-state index in [-0.39, 0.29) is 0 Å². The summed E-state index contributed by atoms with van der Waals surface area (Å²) in [7, 11) is 1.56. The molecule has 0 radical (unpaired) electrons. The zero-order valence-corrected chi connectivity index (χ0v) is 10.7. The fraction of sp³-hybridized carbons (Fsp3) is 0.300. The highest BCUT2D eigenvalue weighted by Gasteiger charge is 2.13. The Morgan fingerprint density at radius 3 is 2.67 bits per heavy atom. The predicted molar refractivity (Wildman–Crippen MR) is 65.4 cm³/mol. The zero-order valence-electron chi connectivity index (χ0n) is 8.54. The second kappa shape index (κ2) is 5.20. The number of halogens is 1. The molecule has 0 saturated carbocycles. The number of primary amides is 1. The van der Waals surface area contributed by atoms with Gasteiger partial charge in [0.2, 0.25) is 5.91 Å². The molecule has 0 heterocycles. The van der Waals surface area contributed by atoms with Crippen LogP contribution >= 0.6 is 22.6 Å². The van der Waals surface area contributed by atoms with E-state index in [1.807, 2.05) is 6.92 Å². The average Bonchev–Trinajstić information content (AvgIpc) is 2.17. The maximum absolute atomic E-state index is 11.0. The molecule has 4 nitrogen and oxygen atoms in total. The lowest BCUT2D eigenvalue weighted by Gasteiger charge is -2.11.